The molecular weight excluding hydrogens is 296 g/mol. The SMILES string of the molecule is CCCc1c(O)ccc2c1O[C@@](C)(/C=C\C(=O)OCC)CC2=O. The molecule has 5 nitrogen and oxygen atoms in total. The first-order valence-corrected chi connectivity index (χ1v) is 7.83. The van der Waals surface area contributed by atoms with Crippen molar-refractivity contribution >= 4 is 11.8 Å². The molecule has 0 spiro atoms. The van der Waals surface area contributed by atoms with Crippen molar-refractivity contribution in [3.63, 3.8) is 0 Å². The second kappa shape index (κ2) is 6.86. The molecule has 0 bridgehead atoms. The summed E-state index contributed by atoms with van der Waals surface area (Å²) in [5.41, 5.74) is 0.176. The number of hydrogen-bond acceptors (Lipinski definition) is 5. The number of carbonyl (C=O) groups is 2. The van der Waals surface area contributed by atoms with Gasteiger partial charge in [0.25, 0.3) is 0 Å². The Balaban J connectivity index is 2.36. The Morgan fingerprint density at radius 2 is 2.17 bits per heavy atom. The molecule has 1 atom stereocenters. The molecule has 5 heteroatoms. The van der Waals surface area contributed by atoms with Crippen molar-refractivity contribution in [1.29, 1.82) is 0 Å². The molecule has 0 fully saturated rings. The summed E-state index contributed by atoms with van der Waals surface area (Å²) in [6, 6.07) is 3.11. The molecule has 1 aliphatic rings. The number of fused-ring (bicyclic) bond motifs is 1. The third-order valence-corrected chi connectivity index (χ3v) is 3.74. The first-order valence-electron chi connectivity index (χ1n) is 7.83. The first-order chi connectivity index (χ1) is 10.9. The zero-order chi connectivity index (χ0) is 17.0. The summed E-state index contributed by atoms with van der Waals surface area (Å²) in [5, 5.41) is 10.1. The highest BCUT2D eigenvalue weighted by atomic mass is 16.5. The summed E-state index contributed by atoms with van der Waals surface area (Å²) in [7, 11) is 0. The van der Waals surface area contributed by atoms with Crippen LogP contribution in [0.5, 0.6) is 11.5 Å². The lowest BCUT2D eigenvalue weighted by Crippen LogP contribution is -2.38. The highest BCUT2D eigenvalue weighted by Crippen LogP contribution is 2.40. The summed E-state index contributed by atoms with van der Waals surface area (Å²) in [4.78, 5) is 23.9. The highest BCUT2D eigenvalue weighted by molar-refractivity contribution is 6.01. The van der Waals surface area contributed by atoms with Crippen molar-refractivity contribution in [2.24, 2.45) is 0 Å². The molecule has 0 aliphatic carbocycles. The average Bonchev–Trinajstić information content (AvgIpc) is 2.49. The monoisotopic (exact) mass is 318 g/mol. The maximum Gasteiger partial charge on any atom is 0.330 e. The number of ether oxygens (including phenoxy) is 2. The number of Topliss-reactive ketones (excluding diaryl/α,β-unsaturated/α-hetero) is 1. The Hall–Kier alpha value is -2.30. The predicted octanol–water partition coefficient (Wildman–Crippen LogP) is 3.19. The summed E-state index contributed by atoms with van der Waals surface area (Å²) in [6.07, 6.45) is 4.39. The van der Waals surface area contributed by atoms with Crippen molar-refractivity contribution in [2.45, 2.75) is 45.6 Å². The van der Waals surface area contributed by atoms with Crippen molar-refractivity contribution in [2.75, 3.05) is 6.61 Å². The van der Waals surface area contributed by atoms with Crippen LogP contribution < -0.4 is 4.74 Å². The van der Waals surface area contributed by atoms with Gasteiger partial charge in [0.2, 0.25) is 0 Å². The second-order valence-corrected chi connectivity index (χ2v) is 5.79. The number of hydrogen-bond donors (Lipinski definition) is 1. The maximum atomic E-state index is 12.4. The van der Waals surface area contributed by atoms with Crippen LogP contribution in [0.15, 0.2) is 24.3 Å². The van der Waals surface area contributed by atoms with Crippen LogP contribution >= 0.6 is 0 Å². The molecule has 0 saturated carbocycles. The van der Waals surface area contributed by atoms with Gasteiger partial charge in [0.15, 0.2) is 5.78 Å². The number of esters is 1. The molecule has 2 rings (SSSR count). The van der Waals surface area contributed by atoms with Crippen LogP contribution in [0.4, 0.5) is 0 Å². The lowest BCUT2D eigenvalue weighted by molar-refractivity contribution is -0.137. The fourth-order valence-electron chi connectivity index (χ4n) is 2.66. The molecule has 0 saturated heterocycles. The Morgan fingerprint density at radius 3 is 2.83 bits per heavy atom. The maximum absolute atomic E-state index is 12.4. The van der Waals surface area contributed by atoms with Gasteiger partial charge >= 0.3 is 5.97 Å². The van der Waals surface area contributed by atoms with Crippen molar-refractivity contribution in [3.05, 3.63) is 35.4 Å². The minimum Gasteiger partial charge on any atom is -0.508 e. The van der Waals surface area contributed by atoms with Crippen LogP contribution in [-0.2, 0) is 16.0 Å². The number of phenolic OH excluding ortho intramolecular Hbond substituents is 1. The molecule has 0 amide bonds. The smallest absolute Gasteiger partial charge is 0.330 e. The van der Waals surface area contributed by atoms with Crippen molar-refractivity contribution in [1.82, 2.24) is 0 Å². The Morgan fingerprint density at radius 1 is 1.43 bits per heavy atom. The van der Waals surface area contributed by atoms with Gasteiger partial charge in [0, 0.05) is 11.6 Å². The highest BCUT2D eigenvalue weighted by Gasteiger charge is 2.36. The molecule has 0 radical (unpaired) electrons. The molecule has 23 heavy (non-hydrogen) atoms. The summed E-state index contributed by atoms with van der Waals surface area (Å²) < 4.78 is 10.9. The van der Waals surface area contributed by atoms with Crippen LogP contribution in [-0.4, -0.2) is 29.1 Å². The van der Waals surface area contributed by atoms with Crippen LogP contribution in [0, 0.1) is 0 Å². The molecule has 1 aromatic rings. The second-order valence-electron chi connectivity index (χ2n) is 5.79. The van der Waals surface area contributed by atoms with Gasteiger partial charge in [-0.25, -0.2) is 4.79 Å². The lowest BCUT2D eigenvalue weighted by Gasteiger charge is -2.34. The first kappa shape index (κ1) is 17.1. The average molecular weight is 318 g/mol. The van der Waals surface area contributed by atoms with Gasteiger partial charge in [-0.05, 0) is 38.5 Å². The lowest BCUT2D eigenvalue weighted by atomic mass is 9.89. The van der Waals surface area contributed by atoms with Gasteiger partial charge in [-0.1, -0.05) is 13.3 Å². The van der Waals surface area contributed by atoms with Gasteiger partial charge in [0.05, 0.1) is 18.6 Å². The number of phenols is 1. The van der Waals surface area contributed by atoms with E-state index in [0.29, 0.717) is 23.3 Å². The van der Waals surface area contributed by atoms with E-state index in [0.717, 1.165) is 6.42 Å². The molecule has 1 heterocycles. The molecule has 1 N–H and O–H groups in total. The van der Waals surface area contributed by atoms with Gasteiger partial charge < -0.3 is 14.6 Å². The summed E-state index contributed by atoms with van der Waals surface area (Å²) in [5.74, 6) is -0.00370. The topological polar surface area (TPSA) is 72.8 Å². The molecule has 0 aromatic heterocycles. The van der Waals surface area contributed by atoms with Crippen LogP contribution in [0.1, 0.15) is 49.5 Å². The quantitative estimate of drug-likeness (QED) is 0.667. The van der Waals surface area contributed by atoms with Crippen LogP contribution in [0.2, 0.25) is 0 Å². The van der Waals surface area contributed by atoms with E-state index in [1.54, 1.807) is 26.0 Å². The van der Waals surface area contributed by atoms with Gasteiger partial charge in [0.1, 0.15) is 17.1 Å². The Bertz CT molecular complexity index is 647. The fraction of sp³-hybridized carbons (Fsp3) is 0.444. The predicted molar refractivity (Wildman–Crippen MR) is 85.9 cm³/mol. The van der Waals surface area contributed by atoms with Gasteiger partial charge in [-0.3, -0.25) is 4.79 Å². The zero-order valence-electron chi connectivity index (χ0n) is 13.7. The largest absolute Gasteiger partial charge is 0.508 e. The van der Waals surface area contributed by atoms with Gasteiger partial charge in [-0.2, -0.15) is 0 Å². The molecule has 124 valence electrons. The normalized spacial score (nSPS) is 20.2. The van der Waals surface area contributed by atoms with Crippen molar-refractivity contribution in [3.8, 4) is 11.5 Å². The summed E-state index contributed by atoms with van der Waals surface area (Å²) >= 11 is 0. The third-order valence-electron chi connectivity index (χ3n) is 3.74. The van der Waals surface area contributed by atoms with E-state index in [9.17, 15) is 14.7 Å². The van der Waals surface area contributed by atoms with E-state index in [1.807, 2.05) is 6.92 Å². The van der Waals surface area contributed by atoms with Crippen LogP contribution in [0.25, 0.3) is 0 Å². The van der Waals surface area contributed by atoms with E-state index in [2.05, 4.69) is 0 Å². The van der Waals surface area contributed by atoms with Gasteiger partial charge in [-0.15, -0.1) is 0 Å². The Labute approximate surface area is 135 Å². The zero-order valence-corrected chi connectivity index (χ0v) is 13.7. The molecule has 0 unspecified atom stereocenters. The number of benzene rings is 1. The van der Waals surface area contributed by atoms with Crippen LogP contribution in [0.3, 0.4) is 0 Å². The fourth-order valence-corrected chi connectivity index (χ4v) is 2.66. The number of aromatic hydroxyl groups is 1. The molecular formula is C18H22O5. The number of ketones is 1. The van der Waals surface area contributed by atoms with E-state index < -0.39 is 11.6 Å². The molecule has 1 aromatic carbocycles. The van der Waals surface area contributed by atoms with E-state index in [4.69, 9.17) is 9.47 Å². The minimum absolute atomic E-state index is 0.0698. The van der Waals surface area contributed by atoms with E-state index >= 15 is 0 Å². The standard InChI is InChI=1S/C18H22O5/c1-4-6-12-14(19)8-7-13-15(20)11-18(3,23-17(12)13)10-9-16(21)22-5-2/h7-10,19H,4-6,11H2,1-3H3/b10-9-/t18-/m0/s1. The molecule has 1 aliphatic heterocycles. The Kier molecular flexibility index (Phi) is 5.08. The van der Waals surface area contributed by atoms with E-state index in [1.165, 1.54) is 12.1 Å². The number of rotatable bonds is 5. The number of carbonyl (C=O) groups excluding carboxylic acids is 2. The summed E-state index contributed by atoms with van der Waals surface area (Å²) in [6.45, 7) is 5.74. The van der Waals surface area contributed by atoms with E-state index in [-0.39, 0.29) is 24.6 Å². The van der Waals surface area contributed by atoms with Crippen molar-refractivity contribution < 1.29 is 24.2 Å². The minimum atomic E-state index is -0.937. The third kappa shape index (κ3) is 3.73.